The molecule has 0 unspecified atom stereocenters. The van der Waals surface area contributed by atoms with Crippen molar-refractivity contribution in [3.8, 4) is 5.75 Å². The zero-order valence-electron chi connectivity index (χ0n) is 15.4. The summed E-state index contributed by atoms with van der Waals surface area (Å²) in [5.74, 6) is 0.315. The number of benzene rings is 1. The average Bonchev–Trinajstić information content (AvgIpc) is 2.69. The molecule has 7 heteroatoms. The Morgan fingerprint density at radius 1 is 1.08 bits per heavy atom. The first-order valence-corrected chi connectivity index (χ1v) is 11.0. The minimum Gasteiger partial charge on any atom is -0.495 e. The number of carbonyl (C=O) groups is 1. The topological polar surface area (TPSA) is 75.7 Å². The molecule has 3 rings (SSSR count). The SMILES string of the molecule is COc1ccc(NC(=O)C2CCCCC2)cc1S(=O)(=O)N1CCCCC1. The molecule has 1 aromatic rings. The number of piperidine rings is 1. The minimum absolute atomic E-state index is 0.0174. The molecule has 1 heterocycles. The quantitative estimate of drug-likeness (QED) is 0.849. The van der Waals surface area contributed by atoms with Crippen LogP contribution in [0.25, 0.3) is 0 Å². The van der Waals surface area contributed by atoms with E-state index in [-0.39, 0.29) is 16.7 Å². The summed E-state index contributed by atoms with van der Waals surface area (Å²) < 4.78 is 32.9. The van der Waals surface area contributed by atoms with Crippen molar-refractivity contribution in [1.82, 2.24) is 4.31 Å². The molecule has 0 spiro atoms. The smallest absolute Gasteiger partial charge is 0.246 e. The molecule has 6 nitrogen and oxygen atoms in total. The molecule has 1 amide bonds. The van der Waals surface area contributed by atoms with Crippen molar-refractivity contribution >= 4 is 21.6 Å². The van der Waals surface area contributed by atoms with Gasteiger partial charge in [0.2, 0.25) is 15.9 Å². The molecule has 1 aliphatic carbocycles. The zero-order valence-corrected chi connectivity index (χ0v) is 16.2. The Kier molecular flexibility index (Phi) is 6.19. The lowest BCUT2D eigenvalue weighted by Gasteiger charge is -2.27. The molecule has 1 saturated carbocycles. The third-order valence-electron chi connectivity index (χ3n) is 5.34. The zero-order chi connectivity index (χ0) is 18.6. The number of carbonyl (C=O) groups excluding carboxylic acids is 1. The van der Waals surface area contributed by atoms with Gasteiger partial charge in [-0.2, -0.15) is 4.31 Å². The van der Waals surface area contributed by atoms with E-state index in [0.717, 1.165) is 44.9 Å². The van der Waals surface area contributed by atoms with Gasteiger partial charge in [-0.1, -0.05) is 25.7 Å². The molecule has 1 aromatic carbocycles. The fourth-order valence-electron chi connectivity index (χ4n) is 3.81. The maximum atomic E-state index is 13.0. The Hall–Kier alpha value is -1.60. The highest BCUT2D eigenvalue weighted by Gasteiger charge is 2.29. The van der Waals surface area contributed by atoms with E-state index in [1.54, 1.807) is 12.1 Å². The highest BCUT2D eigenvalue weighted by Crippen LogP contribution is 2.32. The standard InChI is InChI=1S/C19H28N2O4S/c1-25-17-11-10-16(20-19(22)15-8-4-2-5-9-15)14-18(17)26(23,24)21-12-6-3-7-13-21/h10-11,14-15H,2-9,12-13H2,1H3,(H,20,22). The van der Waals surface area contributed by atoms with E-state index >= 15 is 0 Å². The van der Waals surface area contributed by atoms with Crippen LogP contribution in [0.3, 0.4) is 0 Å². The normalized spacial score (nSPS) is 19.9. The van der Waals surface area contributed by atoms with Crippen molar-refractivity contribution in [1.29, 1.82) is 0 Å². The highest BCUT2D eigenvalue weighted by atomic mass is 32.2. The second-order valence-corrected chi connectivity index (χ2v) is 9.06. The number of amides is 1. The van der Waals surface area contributed by atoms with Gasteiger partial charge in [0.1, 0.15) is 10.6 Å². The van der Waals surface area contributed by atoms with E-state index < -0.39 is 10.0 Å². The lowest BCUT2D eigenvalue weighted by Crippen LogP contribution is -2.35. The Balaban J connectivity index is 1.83. The molecule has 26 heavy (non-hydrogen) atoms. The van der Waals surface area contributed by atoms with Gasteiger partial charge in [0.15, 0.2) is 0 Å². The largest absolute Gasteiger partial charge is 0.495 e. The van der Waals surface area contributed by atoms with Crippen LogP contribution < -0.4 is 10.1 Å². The summed E-state index contributed by atoms with van der Waals surface area (Å²) in [6.45, 7) is 1.06. The summed E-state index contributed by atoms with van der Waals surface area (Å²) in [6, 6.07) is 4.85. The molecule has 0 aromatic heterocycles. The Morgan fingerprint density at radius 2 is 1.73 bits per heavy atom. The molecule has 2 fully saturated rings. The summed E-state index contributed by atoms with van der Waals surface area (Å²) in [6.07, 6.45) is 7.96. The second-order valence-electron chi connectivity index (χ2n) is 7.15. The number of anilines is 1. The molecule has 0 bridgehead atoms. The van der Waals surface area contributed by atoms with Crippen LogP contribution in [0.4, 0.5) is 5.69 Å². The van der Waals surface area contributed by atoms with Crippen LogP contribution in [-0.2, 0) is 14.8 Å². The van der Waals surface area contributed by atoms with Gasteiger partial charge in [-0.15, -0.1) is 0 Å². The van der Waals surface area contributed by atoms with Crippen LogP contribution in [-0.4, -0.2) is 38.8 Å². The van der Waals surface area contributed by atoms with Gasteiger partial charge in [0.25, 0.3) is 0 Å². The van der Waals surface area contributed by atoms with Crippen LogP contribution in [0, 0.1) is 5.92 Å². The lowest BCUT2D eigenvalue weighted by molar-refractivity contribution is -0.120. The maximum absolute atomic E-state index is 13.0. The second kappa shape index (κ2) is 8.39. The molecular weight excluding hydrogens is 352 g/mol. The lowest BCUT2D eigenvalue weighted by atomic mass is 9.88. The predicted octanol–water partition coefficient (Wildman–Crippen LogP) is 3.39. The van der Waals surface area contributed by atoms with Crippen molar-refractivity contribution in [2.75, 3.05) is 25.5 Å². The minimum atomic E-state index is -3.63. The van der Waals surface area contributed by atoms with Crippen LogP contribution in [0.5, 0.6) is 5.75 Å². The van der Waals surface area contributed by atoms with Crippen LogP contribution in [0.15, 0.2) is 23.1 Å². The van der Waals surface area contributed by atoms with Crippen LogP contribution in [0.2, 0.25) is 0 Å². The molecular formula is C19H28N2O4S. The van der Waals surface area contributed by atoms with Crippen LogP contribution in [0.1, 0.15) is 51.4 Å². The number of nitrogens with one attached hydrogen (secondary N) is 1. The first kappa shape index (κ1) is 19.2. The van der Waals surface area contributed by atoms with E-state index in [9.17, 15) is 13.2 Å². The third kappa shape index (κ3) is 4.20. The summed E-state index contributed by atoms with van der Waals surface area (Å²) in [5.41, 5.74) is 0.511. The van der Waals surface area contributed by atoms with Crippen molar-refractivity contribution < 1.29 is 17.9 Å². The van der Waals surface area contributed by atoms with Crippen molar-refractivity contribution in [2.24, 2.45) is 5.92 Å². The monoisotopic (exact) mass is 380 g/mol. The maximum Gasteiger partial charge on any atom is 0.246 e. The number of rotatable bonds is 5. The Bertz CT molecular complexity index is 736. The van der Waals surface area contributed by atoms with Gasteiger partial charge in [-0.3, -0.25) is 4.79 Å². The van der Waals surface area contributed by atoms with Gasteiger partial charge in [-0.05, 0) is 43.9 Å². The van der Waals surface area contributed by atoms with Gasteiger partial charge in [0, 0.05) is 24.7 Å². The molecule has 144 valence electrons. The van der Waals surface area contributed by atoms with Crippen LogP contribution >= 0.6 is 0 Å². The van der Waals surface area contributed by atoms with Gasteiger partial charge in [-0.25, -0.2) is 8.42 Å². The van der Waals surface area contributed by atoms with E-state index in [0.29, 0.717) is 24.5 Å². The predicted molar refractivity (Wildman–Crippen MR) is 101 cm³/mol. The molecule has 1 saturated heterocycles. The Morgan fingerprint density at radius 3 is 2.38 bits per heavy atom. The summed E-state index contributed by atoms with van der Waals surface area (Å²) in [7, 11) is -2.17. The third-order valence-corrected chi connectivity index (χ3v) is 7.26. The first-order valence-electron chi connectivity index (χ1n) is 9.51. The van der Waals surface area contributed by atoms with Gasteiger partial charge in [0.05, 0.1) is 7.11 Å². The summed E-state index contributed by atoms with van der Waals surface area (Å²) >= 11 is 0. The molecule has 0 atom stereocenters. The van der Waals surface area contributed by atoms with Gasteiger partial charge < -0.3 is 10.1 Å². The highest BCUT2D eigenvalue weighted by molar-refractivity contribution is 7.89. The number of nitrogens with zero attached hydrogens (tertiary/aromatic N) is 1. The summed E-state index contributed by atoms with van der Waals surface area (Å²) in [4.78, 5) is 12.6. The number of methoxy groups -OCH3 is 1. The molecule has 2 aliphatic rings. The fourth-order valence-corrected chi connectivity index (χ4v) is 5.51. The van der Waals surface area contributed by atoms with E-state index in [4.69, 9.17) is 4.74 Å². The number of ether oxygens (including phenoxy) is 1. The fraction of sp³-hybridized carbons (Fsp3) is 0.632. The molecule has 1 aliphatic heterocycles. The van der Waals surface area contributed by atoms with E-state index in [2.05, 4.69) is 5.32 Å². The van der Waals surface area contributed by atoms with E-state index in [1.807, 2.05) is 0 Å². The summed E-state index contributed by atoms with van der Waals surface area (Å²) in [5, 5.41) is 2.90. The average molecular weight is 381 g/mol. The Labute approximate surface area is 156 Å². The van der Waals surface area contributed by atoms with Crippen molar-refractivity contribution in [3.05, 3.63) is 18.2 Å². The first-order chi connectivity index (χ1) is 12.5. The number of sulfonamides is 1. The van der Waals surface area contributed by atoms with E-state index in [1.165, 1.54) is 23.9 Å². The van der Waals surface area contributed by atoms with Gasteiger partial charge >= 0.3 is 0 Å². The molecule has 0 radical (unpaired) electrons. The number of hydrogen-bond donors (Lipinski definition) is 1. The molecule has 1 N–H and O–H groups in total. The van der Waals surface area contributed by atoms with Crippen molar-refractivity contribution in [3.63, 3.8) is 0 Å². The number of hydrogen-bond acceptors (Lipinski definition) is 4. The van der Waals surface area contributed by atoms with Crippen molar-refractivity contribution in [2.45, 2.75) is 56.3 Å².